The van der Waals surface area contributed by atoms with Gasteiger partial charge in [-0.05, 0) is 92.5 Å². The summed E-state index contributed by atoms with van der Waals surface area (Å²) in [6.07, 6.45) is 13.5. The number of unbranched alkanes of at least 4 members (excludes halogenated alkanes) is 8. The highest BCUT2D eigenvalue weighted by Crippen LogP contribution is 2.25. The highest BCUT2D eigenvalue weighted by molar-refractivity contribution is 5.87. The molecule has 0 unspecified atom stereocenters. The predicted octanol–water partition coefficient (Wildman–Crippen LogP) is 9.39. The van der Waals surface area contributed by atoms with E-state index in [1.807, 2.05) is 54.6 Å². The van der Waals surface area contributed by atoms with Gasteiger partial charge in [-0.1, -0.05) is 86.9 Å². The zero-order chi connectivity index (χ0) is 32.0. The van der Waals surface area contributed by atoms with E-state index >= 15 is 0 Å². The number of rotatable bonds is 22. The van der Waals surface area contributed by atoms with Gasteiger partial charge in [0.05, 0.1) is 26.4 Å². The molecule has 0 aliphatic carbocycles. The fourth-order valence-electron chi connectivity index (χ4n) is 4.57. The Morgan fingerprint density at radius 3 is 1.51 bits per heavy atom. The molecule has 0 N–H and O–H groups in total. The monoisotopic (exact) mass is 612 g/mol. The van der Waals surface area contributed by atoms with Crippen molar-refractivity contribution in [3.05, 3.63) is 103 Å². The van der Waals surface area contributed by atoms with Crippen molar-refractivity contribution in [2.75, 3.05) is 26.4 Å². The number of hydrogen-bond acceptors (Lipinski definition) is 6. The van der Waals surface area contributed by atoms with Crippen LogP contribution in [0.4, 0.5) is 0 Å². The van der Waals surface area contributed by atoms with Gasteiger partial charge in [0.15, 0.2) is 0 Å². The lowest BCUT2D eigenvalue weighted by Crippen LogP contribution is -2.06. The lowest BCUT2D eigenvalue weighted by atomic mass is 10.1. The highest BCUT2D eigenvalue weighted by atomic mass is 16.5. The molecule has 0 spiro atoms. The van der Waals surface area contributed by atoms with E-state index in [4.69, 9.17) is 18.9 Å². The average molecular weight is 613 g/mol. The molecule has 0 saturated carbocycles. The van der Waals surface area contributed by atoms with Crippen LogP contribution in [-0.2, 0) is 19.1 Å². The van der Waals surface area contributed by atoms with Crippen LogP contribution in [0.2, 0.25) is 0 Å². The van der Waals surface area contributed by atoms with E-state index in [0.29, 0.717) is 32.0 Å². The van der Waals surface area contributed by atoms with E-state index in [2.05, 4.69) is 30.8 Å². The van der Waals surface area contributed by atoms with Crippen LogP contribution in [0.25, 0.3) is 17.2 Å². The Morgan fingerprint density at radius 1 is 0.578 bits per heavy atom. The maximum atomic E-state index is 11.8. The number of esters is 2. The second-order valence-corrected chi connectivity index (χ2v) is 11.1. The Hall–Kier alpha value is -4.32. The molecule has 0 fully saturated rings. The fourth-order valence-corrected chi connectivity index (χ4v) is 4.57. The van der Waals surface area contributed by atoms with Crippen LogP contribution < -0.4 is 9.47 Å². The number of ether oxygens (including phenoxy) is 4. The molecule has 45 heavy (non-hydrogen) atoms. The third-order valence-electron chi connectivity index (χ3n) is 7.19. The van der Waals surface area contributed by atoms with Crippen molar-refractivity contribution in [3.63, 3.8) is 0 Å². The van der Waals surface area contributed by atoms with Crippen molar-refractivity contribution < 1.29 is 28.5 Å². The van der Waals surface area contributed by atoms with Crippen LogP contribution in [0, 0.1) is 0 Å². The molecule has 0 aromatic heterocycles. The first-order chi connectivity index (χ1) is 22.0. The number of hydrogen-bond donors (Lipinski definition) is 0. The third-order valence-corrected chi connectivity index (χ3v) is 7.19. The van der Waals surface area contributed by atoms with E-state index in [1.165, 1.54) is 6.08 Å². The maximum Gasteiger partial charge on any atom is 0.333 e. The third kappa shape index (κ3) is 15.3. The van der Waals surface area contributed by atoms with Gasteiger partial charge in [0.2, 0.25) is 0 Å². The molecule has 3 rings (SSSR count). The van der Waals surface area contributed by atoms with E-state index in [-0.39, 0.29) is 11.9 Å². The first-order valence-corrected chi connectivity index (χ1v) is 16.2. The molecule has 6 nitrogen and oxygen atoms in total. The minimum atomic E-state index is -0.316. The maximum absolute atomic E-state index is 11.8. The standard InChI is InChI=1S/C39H48O6/c1-32(2)39(41)45-31-15-8-7-13-29-43-37-25-21-35(22-26-37)34-19-23-36(24-20-34)42-28-12-5-3-4-6-14-30-44-38(40)27-18-33-16-10-9-11-17-33/h9-11,16-27H,1,3-8,12-15,28-31H2,2H3/b27-18+. The van der Waals surface area contributed by atoms with Crippen molar-refractivity contribution in [2.45, 2.75) is 71.1 Å². The molecule has 6 heteroatoms. The van der Waals surface area contributed by atoms with Gasteiger partial charge >= 0.3 is 11.9 Å². The SMILES string of the molecule is C=C(C)C(=O)OCCCCCCOc1ccc(-c2ccc(OCCCCCCCCOC(=O)/C=C/c3ccccc3)cc2)cc1. The summed E-state index contributed by atoms with van der Waals surface area (Å²) in [7, 11) is 0. The Kier molecular flexibility index (Phi) is 16.7. The molecule has 0 saturated heterocycles. The molecule has 0 heterocycles. The molecule has 0 amide bonds. The molecule has 0 atom stereocenters. The molecular formula is C39H48O6. The van der Waals surface area contributed by atoms with Gasteiger partial charge in [-0.3, -0.25) is 0 Å². The van der Waals surface area contributed by atoms with Crippen LogP contribution in [-0.4, -0.2) is 38.4 Å². The molecule has 3 aromatic carbocycles. The Morgan fingerprint density at radius 2 is 1.02 bits per heavy atom. The number of carbonyl (C=O) groups excluding carboxylic acids is 2. The normalized spacial score (nSPS) is 10.9. The quantitative estimate of drug-likeness (QED) is 0.0640. The van der Waals surface area contributed by atoms with Crippen molar-refractivity contribution in [3.8, 4) is 22.6 Å². The van der Waals surface area contributed by atoms with Gasteiger partial charge in [-0.25, -0.2) is 9.59 Å². The lowest BCUT2D eigenvalue weighted by molar-refractivity contribution is -0.139. The second-order valence-electron chi connectivity index (χ2n) is 11.1. The number of carbonyl (C=O) groups is 2. The summed E-state index contributed by atoms with van der Waals surface area (Å²) in [6.45, 7) is 7.52. The van der Waals surface area contributed by atoms with E-state index in [1.54, 1.807) is 13.0 Å². The average Bonchev–Trinajstić information content (AvgIpc) is 3.06. The summed E-state index contributed by atoms with van der Waals surface area (Å²) in [5.41, 5.74) is 3.70. The van der Waals surface area contributed by atoms with Gasteiger partial charge in [0, 0.05) is 11.6 Å². The van der Waals surface area contributed by atoms with Crippen molar-refractivity contribution in [1.82, 2.24) is 0 Å². The Bertz CT molecular complexity index is 1300. The summed E-state index contributed by atoms with van der Waals surface area (Å²) in [6, 6.07) is 26.1. The van der Waals surface area contributed by atoms with Crippen molar-refractivity contribution in [2.24, 2.45) is 0 Å². The molecule has 0 bridgehead atoms. The van der Waals surface area contributed by atoms with Gasteiger partial charge in [-0.15, -0.1) is 0 Å². The van der Waals surface area contributed by atoms with Crippen molar-refractivity contribution in [1.29, 1.82) is 0 Å². The fraction of sp³-hybridized carbons (Fsp3) is 0.385. The summed E-state index contributed by atoms with van der Waals surface area (Å²) in [5, 5.41) is 0. The zero-order valence-corrected chi connectivity index (χ0v) is 26.7. The topological polar surface area (TPSA) is 71.1 Å². The minimum absolute atomic E-state index is 0.288. The van der Waals surface area contributed by atoms with E-state index in [0.717, 1.165) is 92.4 Å². The van der Waals surface area contributed by atoms with Crippen LogP contribution in [0.5, 0.6) is 11.5 Å². The van der Waals surface area contributed by atoms with Gasteiger partial charge in [0.25, 0.3) is 0 Å². The van der Waals surface area contributed by atoms with E-state index < -0.39 is 0 Å². The molecule has 0 radical (unpaired) electrons. The molecule has 0 aliphatic rings. The largest absolute Gasteiger partial charge is 0.494 e. The first kappa shape index (κ1) is 35.2. The predicted molar refractivity (Wildman–Crippen MR) is 181 cm³/mol. The highest BCUT2D eigenvalue weighted by Gasteiger charge is 2.03. The van der Waals surface area contributed by atoms with E-state index in [9.17, 15) is 9.59 Å². The molecule has 3 aromatic rings. The summed E-state index contributed by atoms with van der Waals surface area (Å²) < 4.78 is 22.2. The summed E-state index contributed by atoms with van der Waals surface area (Å²) in [5.74, 6) is 1.15. The minimum Gasteiger partial charge on any atom is -0.494 e. The van der Waals surface area contributed by atoms with Gasteiger partial charge in [0.1, 0.15) is 11.5 Å². The summed E-state index contributed by atoms with van der Waals surface area (Å²) in [4.78, 5) is 23.1. The van der Waals surface area contributed by atoms with Crippen molar-refractivity contribution >= 4 is 18.0 Å². The van der Waals surface area contributed by atoms with Gasteiger partial charge in [-0.2, -0.15) is 0 Å². The second kappa shape index (κ2) is 21.4. The molecular weight excluding hydrogens is 564 g/mol. The molecule has 240 valence electrons. The smallest absolute Gasteiger partial charge is 0.333 e. The Balaban J connectivity index is 1.17. The van der Waals surface area contributed by atoms with Crippen LogP contribution in [0.3, 0.4) is 0 Å². The van der Waals surface area contributed by atoms with Gasteiger partial charge < -0.3 is 18.9 Å². The van der Waals surface area contributed by atoms with Crippen LogP contribution in [0.15, 0.2) is 97.1 Å². The zero-order valence-electron chi connectivity index (χ0n) is 26.7. The van der Waals surface area contributed by atoms with Crippen LogP contribution in [0.1, 0.15) is 76.7 Å². The molecule has 0 aliphatic heterocycles. The first-order valence-electron chi connectivity index (χ1n) is 16.2. The summed E-state index contributed by atoms with van der Waals surface area (Å²) >= 11 is 0. The Labute approximate surface area is 269 Å². The lowest BCUT2D eigenvalue weighted by Gasteiger charge is -2.09. The number of benzene rings is 3. The van der Waals surface area contributed by atoms with Crippen LogP contribution >= 0.6 is 0 Å².